The predicted octanol–water partition coefficient (Wildman–Crippen LogP) is 4.02. The zero-order valence-corrected chi connectivity index (χ0v) is 12.0. The normalized spacial score (nSPS) is 10.1. The van der Waals surface area contributed by atoms with E-state index in [1.807, 2.05) is 18.2 Å². The van der Waals surface area contributed by atoms with Crippen LogP contribution in [0.25, 0.3) is 0 Å². The van der Waals surface area contributed by atoms with Crippen molar-refractivity contribution in [1.29, 1.82) is 0 Å². The Hall–Kier alpha value is 0.580. The number of benzene rings is 1. The summed E-state index contributed by atoms with van der Waals surface area (Å²) in [4.78, 5) is 11.6. The van der Waals surface area contributed by atoms with Gasteiger partial charge in [0.25, 0.3) is 0 Å². The molecule has 0 heterocycles. The van der Waals surface area contributed by atoms with Gasteiger partial charge in [-0.15, -0.1) is 0 Å². The van der Waals surface area contributed by atoms with E-state index in [-0.39, 0.29) is 5.78 Å². The number of alkyl halides is 1. The van der Waals surface area contributed by atoms with Gasteiger partial charge in [0, 0.05) is 25.4 Å². The van der Waals surface area contributed by atoms with E-state index < -0.39 is 0 Å². The third-order valence-corrected chi connectivity index (χ3v) is 3.52. The Balaban J connectivity index is 3.05. The SMILES string of the molecule is O=C(CCBr)c1c(Br)cccc1I. The average Bonchev–Trinajstić information content (AvgIpc) is 2.04. The van der Waals surface area contributed by atoms with Gasteiger partial charge in [0.2, 0.25) is 0 Å². The lowest BCUT2D eigenvalue weighted by Gasteiger charge is -2.04. The van der Waals surface area contributed by atoms with E-state index in [2.05, 4.69) is 54.5 Å². The first-order chi connectivity index (χ1) is 6.16. The summed E-state index contributed by atoms with van der Waals surface area (Å²) in [6.45, 7) is 0. The van der Waals surface area contributed by atoms with Crippen molar-refractivity contribution < 1.29 is 4.79 Å². The van der Waals surface area contributed by atoms with Gasteiger partial charge in [-0.25, -0.2) is 0 Å². The van der Waals surface area contributed by atoms with E-state index in [9.17, 15) is 4.79 Å². The molecular formula is C9H7Br2IO. The van der Waals surface area contributed by atoms with Crippen molar-refractivity contribution in [2.75, 3.05) is 5.33 Å². The summed E-state index contributed by atoms with van der Waals surface area (Å²) in [7, 11) is 0. The van der Waals surface area contributed by atoms with E-state index in [0.29, 0.717) is 11.8 Å². The monoisotopic (exact) mass is 416 g/mol. The third-order valence-electron chi connectivity index (χ3n) is 1.56. The Morgan fingerprint density at radius 1 is 1.46 bits per heavy atom. The van der Waals surface area contributed by atoms with Crippen LogP contribution in [0.4, 0.5) is 0 Å². The summed E-state index contributed by atoms with van der Waals surface area (Å²) in [5.41, 5.74) is 0.794. The van der Waals surface area contributed by atoms with Crippen LogP contribution in [-0.4, -0.2) is 11.1 Å². The van der Waals surface area contributed by atoms with E-state index in [1.54, 1.807) is 0 Å². The number of halogens is 3. The Bertz CT molecular complexity index is 305. The summed E-state index contributed by atoms with van der Waals surface area (Å²) in [6, 6.07) is 5.76. The number of ketones is 1. The molecule has 0 aliphatic carbocycles. The number of carbonyl (C=O) groups excluding carboxylic acids is 1. The van der Waals surface area contributed by atoms with Gasteiger partial charge in [-0.2, -0.15) is 0 Å². The molecule has 0 unspecified atom stereocenters. The van der Waals surface area contributed by atoms with Crippen molar-refractivity contribution in [3.63, 3.8) is 0 Å². The highest BCUT2D eigenvalue weighted by Crippen LogP contribution is 2.23. The topological polar surface area (TPSA) is 17.1 Å². The lowest BCUT2D eigenvalue weighted by Crippen LogP contribution is -2.03. The molecule has 13 heavy (non-hydrogen) atoms. The van der Waals surface area contributed by atoms with Crippen LogP contribution in [0.5, 0.6) is 0 Å². The molecule has 0 aromatic heterocycles. The van der Waals surface area contributed by atoms with Crippen LogP contribution in [0.3, 0.4) is 0 Å². The first-order valence-corrected chi connectivity index (χ1v) is 6.69. The highest BCUT2D eigenvalue weighted by Gasteiger charge is 2.12. The number of Topliss-reactive ketones (excluding diaryl/α,β-unsaturated/α-hetero) is 1. The molecule has 0 spiro atoms. The summed E-state index contributed by atoms with van der Waals surface area (Å²) < 4.78 is 1.88. The number of rotatable bonds is 3. The van der Waals surface area contributed by atoms with Gasteiger partial charge in [-0.1, -0.05) is 37.9 Å². The maximum absolute atomic E-state index is 11.6. The first-order valence-electron chi connectivity index (χ1n) is 3.70. The largest absolute Gasteiger partial charge is 0.294 e. The van der Waals surface area contributed by atoms with Crippen molar-refractivity contribution in [2.24, 2.45) is 0 Å². The summed E-state index contributed by atoms with van der Waals surface area (Å²) in [5.74, 6) is 0.175. The lowest BCUT2D eigenvalue weighted by molar-refractivity contribution is 0.0988. The smallest absolute Gasteiger partial charge is 0.165 e. The van der Waals surface area contributed by atoms with Crippen LogP contribution >= 0.6 is 54.5 Å². The minimum absolute atomic E-state index is 0.175. The highest BCUT2D eigenvalue weighted by atomic mass is 127. The average molecular weight is 418 g/mol. The zero-order valence-electron chi connectivity index (χ0n) is 6.69. The van der Waals surface area contributed by atoms with Crippen LogP contribution in [0, 0.1) is 3.57 Å². The van der Waals surface area contributed by atoms with Gasteiger partial charge < -0.3 is 0 Å². The number of hydrogen-bond acceptors (Lipinski definition) is 1. The van der Waals surface area contributed by atoms with E-state index in [4.69, 9.17) is 0 Å². The molecular weight excluding hydrogens is 411 g/mol. The molecule has 0 radical (unpaired) electrons. The van der Waals surface area contributed by atoms with Gasteiger partial charge in [-0.05, 0) is 34.7 Å². The zero-order chi connectivity index (χ0) is 9.84. The third kappa shape index (κ3) is 3.02. The van der Waals surface area contributed by atoms with Gasteiger partial charge >= 0.3 is 0 Å². The molecule has 0 saturated carbocycles. The summed E-state index contributed by atoms with van der Waals surface area (Å²) in [6.07, 6.45) is 0.540. The van der Waals surface area contributed by atoms with Crippen LogP contribution in [0.2, 0.25) is 0 Å². The molecule has 4 heteroatoms. The van der Waals surface area contributed by atoms with Crippen molar-refractivity contribution >= 4 is 60.2 Å². The molecule has 70 valence electrons. The molecule has 1 aromatic carbocycles. The van der Waals surface area contributed by atoms with Crippen molar-refractivity contribution in [2.45, 2.75) is 6.42 Å². The Kier molecular flexibility index (Phi) is 4.89. The Labute approximate surface area is 108 Å². The van der Waals surface area contributed by atoms with Crippen molar-refractivity contribution in [1.82, 2.24) is 0 Å². The Morgan fingerprint density at radius 3 is 2.69 bits per heavy atom. The van der Waals surface area contributed by atoms with Crippen LogP contribution in [-0.2, 0) is 0 Å². The molecule has 0 saturated heterocycles. The number of carbonyl (C=O) groups is 1. The molecule has 0 amide bonds. The number of hydrogen-bond donors (Lipinski definition) is 0. The quantitative estimate of drug-likeness (QED) is 0.412. The maximum atomic E-state index is 11.6. The molecule has 0 bridgehead atoms. The second-order valence-corrected chi connectivity index (χ2v) is 5.27. The van der Waals surface area contributed by atoms with E-state index in [1.165, 1.54) is 0 Å². The van der Waals surface area contributed by atoms with Crippen LogP contribution < -0.4 is 0 Å². The first kappa shape index (κ1) is 11.7. The molecule has 0 atom stereocenters. The van der Waals surface area contributed by atoms with E-state index >= 15 is 0 Å². The molecule has 0 fully saturated rings. The van der Waals surface area contributed by atoms with Gasteiger partial charge in [0.1, 0.15) is 0 Å². The van der Waals surface area contributed by atoms with Crippen LogP contribution in [0.1, 0.15) is 16.8 Å². The van der Waals surface area contributed by atoms with Crippen LogP contribution in [0.15, 0.2) is 22.7 Å². The van der Waals surface area contributed by atoms with Gasteiger partial charge in [0.15, 0.2) is 5.78 Å². The fourth-order valence-electron chi connectivity index (χ4n) is 0.975. The second kappa shape index (κ2) is 5.46. The second-order valence-electron chi connectivity index (χ2n) is 2.46. The lowest BCUT2D eigenvalue weighted by atomic mass is 10.1. The Morgan fingerprint density at radius 2 is 2.15 bits per heavy atom. The minimum atomic E-state index is 0.175. The fourth-order valence-corrected chi connectivity index (χ4v) is 3.09. The van der Waals surface area contributed by atoms with Crippen molar-refractivity contribution in [3.05, 3.63) is 31.8 Å². The molecule has 0 N–H and O–H groups in total. The summed E-state index contributed by atoms with van der Waals surface area (Å²) >= 11 is 8.81. The highest BCUT2D eigenvalue weighted by molar-refractivity contribution is 14.1. The van der Waals surface area contributed by atoms with Crippen molar-refractivity contribution in [3.8, 4) is 0 Å². The maximum Gasteiger partial charge on any atom is 0.165 e. The van der Waals surface area contributed by atoms with E-state index in [0.717, 1.165) is 13.6 Å². The van der Waals surface area contributed by atoms with Gasteiger partial charge in [0.05, 0.1) is 0 Å². The predicted molar refractivity (Wildman–Crippen MR) is 69.6 cm³/mol. The molecule has 0 aliphatic heterocycles. The molecule has 1 aromatic rings. The minimum Gasteiger partial charge on any atom is -0.294 e. The molecule has 0 aliphatic rings. The standard InChI is InChI=1S/C9H7Br2IO/c10-5-4-8(13)9-6(11)2-1-3-7(9)12/h1-3H,4-5H2. The summed E-state index contributed by atoms with van der Waals surface area (Å²) in [5, 5.41) is 0.712. The molecule has 1 rings (SSSR count). The molecule has 1 nitrogen and oxygen atoms in total. The fraction of sp³-hybridized carbons (Fsp3) is 0.222. The van der Waals surface area contributed by atoms with Gasteiger partial charge in [-0.3, -0.25) is 4.79 Å².